The Kier molecular flexibility index (Phi) is 3.62. The number of hydrogen-bond acceptors (Lipinski definition) is 2. The van der Waals surface area contributed by atoms with Gasteiger partial charge in [-0.2, -0.15) is 0 Å². The second kappa shape index (κ2) is 5.44. The minimum absolute atomic E-state index is 0.298. The summed E-state index contributed by atoms with van der Waals surface area (Å²) in [5.41, 5.74) is 6.90. The van der Waals surface area contributed by atoms with Crippen molar-refractivity contribution in [1.29, 1.82) is 0 Å². The van der Waals surface area contributed by atoms with E-state index in [4.69, 9.17) is 0 Å². The molecule has 0 saturated heterocycles. The van der Waals surface area contributed by atoms with Crippen LogP contribution in [0.4, 0.5) is 0 Å². The zero-order chi connectivity index (χ0) is 15.0. The number of aryl methyl sites for hydroxylation is 2. The van der Waals surface area contributed by atoms with Crippen LogP contribution in [0.5, 0.6) is 11.5 Å². The molecular weight excluding hydrogens is 327 g/mol. The first-order chi connectivity index (χ1) is 10.1. The van der Waals surface area contributed by atoms with Gasteiger partial charge in [0.1, 0.15) is 0 Å². The van der Waals surface area contributed by atoms with Crippen LogP contribution in [0.2, 0.25) is 0 Å². The van der Waals surface area contributed by atoms with Crippen molar-refractivity contribution < 1.29 is 10.2 Å². The minimum atomic E-state index is 0.298. The standard InChI is InChI=1S/C18H16O2Se/c1-11-7-13(19)3-5-15(11)17-9-21-10-18(17)16-6-4-14(20)8-12(16)2/h3-10,19-20H,1-2H3. The molecule has 2 aromatic carbocycles. The molecule has 0 amide bonds. The fourth-order valence-electron chi connectivity index (χ4n) is 2.61. The number of benzene rings is 2. The first-order valence-corrected chi connectivity index (χ1v) is 8.70. The van der Waals surface area contributed by atoms with E-state index in [0.717, 1.165) is 22.3 Å². The summed E-state index contributed by atoms with van der Waals surface area (Å²) in [6.07, 6.45) is 0. The third-order valence-electron chi connectivity index (χ3n) is 3.66. The summed E-state index contributed by atoms with van der Waals surface area (Å²) < 4.78 is 0. The molecule has 21 heavy (non-hydrogen) atoms. The Labute approximate surface area is 130 Å². The number of hydrogen-bond donors (Lipinski definition) is 2. The molecule has 0 aliphatic carbocycles. The molecule has 106 valence electrons. The molecule has 2 nitrogen and oxygen atoms in total. The number of phenols is 2. The van der Waals surface area contributed by atoms with Gasteiger partial charge in [0, 0.05) is 0 Å². The van der Waals surface area contributed by atoms with Crippen LogP contribution >= 0.6 is 0 Å². The van der Waals surface area contributed by atoms with E-state index in [9.17, 15) is 10.2 Å². The number of rotatable bonds is 2. The zero-order valence-corrected chi connectivity index (χ0v) is 13.6. The molecule has 0 spiro atoms. The first kappa shape index (κ1) is 14.0. The molecule has 3 rings (SSSR count). The van der Waals surface area contributed by atoms with E-state index in [1.54, 1.807) is 24.3 Å². The Morgan fingerprint density at radius 2 is 1.10 bits per heavy atom. The zero-order valence-electron chi connectivity index (χ0n) is 11.9. The van der Waals surface area contributed by atoms with E-state index in [-0.39, 0.29) is 0 Å². The Morgan fingerprint density at radius 3 is 1.48 bits per heavy atom. The van der Waals surface area contributed by atoms with Gasteiger partial charge in [0.15, 0.2) is 0 Å². The predicted molar refractivity (Wildman–Crippen MR) is 87.1 cm³/mol. The van der Waals surface area contributed by atoms with Gasteiger partial charge in [0.25, 0.3) is 0 Å². The molecular formula is C18H16O2Se. The second-order valence-corrected chi connectivity index (χ2v) is 6.76. The summed E-state index contributed by atoms with van der Waals surface area (Å²) in [4.78, 5) is 4.54. The van der Waals surface area contributed by atoms with Gasteiger partial charge in [0.2, 0.25) is 0 Å². The van der Waals surface area contributed by atoms with Crippen LogP contribution in [0.15, 0.2) is 46.3 Å². The van der Waals surface area contributed by atoms with Gasteiger partial charge in [-0.15, -0.1) is 0 Å². The van der Waals surface area contributed by atoms with Gasteiger partial charge in [-0.3, -0.25) is 0 Å². The monoisotopic (exact) mass is 344 g/mol. The quantitative estimate of drug-likeness (QED) is 0.688. The fraction of sp³-hybridized carbons (Fsp3) is 0.111. The van der Waals surface area contributed by atoms with Crippen molar-refractivity contribution in [3.05, 3.63) is 57.4 Å². The molecule has 0 fully saturated rings. The third kappa shape index (κ3) is 2.63. The van der Waals surface area contributed by atoms with Crippen LogP contribution in [0.25, 0.3) is 22.3 Å². The summed E-state index contributed by atoms with van der Waals surface area (Å²) in [5.74, 6) is 0.596. The summed E-state index contributed by atoms with van der Waals surface area (Å²) >= 11 is 0.347. The van der Waals surface area contributed by atoms with E-state index in [0.29, 0.717) is 26.0 Å². The molecule has 2 N–H and O–H groups in total. The molecule has 1 aromatic heterocycles. The molecule has 0 radical (unpaired) electrons. The molecule has 0 aliphatic heterocycles. The third-order valence-corrected chi connectivity index (χ3v) is 5.22. The maximum atomic E-state index is 9.58. The molecule has 1 heterocycles. The predicted octanol–water partition coefficient (Wildman–Crippen LogP) is 4.11. The van der Waals surface area contributed by atoms with Gasteiger partial charge in [-0.1, -0.05) is 0 Å². The van der Waals surface area contributed by atoms with Crippen molar-refractivity contribution in [3.63, 3.8) is 0 Å². The van der Waals surface area contributed by atoms with Crippen molar-refractivity contribution in [2.45, 2.75) is 13.8 Å². The van der Waals surface area contributed by atoms with Crippen molar-refractivity contribution in [1.82, 2.24) is 0 Å². The Morgan fingerprint density at radius 1 is 0.667 bits per heavy atom. The average Bonchev–Trinajstić information content (AvgIpc) is 2.87. The molecule has 3 heteroatoms. The normalized spacial score (nSPS) is 10.8. The van der Waals surface area contributed by atoms with Crippen molar-refractivity contribution in [2.24, 2.45) is 0 Å². The average molecular weight is 343 g/mol. The molecule has 0 aliphatic rings. The van der Waals surface area contributed by atoms with Crippen LogP contribution in [0, 0.1) is 13.8 Å². The SMILES string of the molecule is Cc1cc(O)ccc1-c1c[se]cc1-c1ccc(O)cc1C. The fourth-order valence-corrected chi connectivity index (χ4v) is 4.39. The van der Waals surface area contributed by atoms with E-state index < -0.39 is 0 Å². The van der Waals surface area contributed by atoms with Crippen LogP contribution < -0.4 is 0 Å². The van der Waals surface area contributed by atoms with E-state index in [1.165, 1.54) is 11.1 Å². The van der Waals surface area contributed by atoms with Gasteiger partial charge < -0.3 is 0 Å². The van der Waals surface area contributed by atoms with Crippen LogP contribution in [0.3, 0.4) is 0 Å². The number of phenolic OH excluding ortho intramolecular Hbond substituents is 2. The van der Waals surface area contributed by atoms with E-state index in [1.807, 2.05) is 26.0 Å². The molecule has 0 atom stereocenters. The Bertz CT molecular complexity index is 737. The Balaban J connectivity index is 2.17. The topological polar surface area (TPSA) is 40.5 Å². The van der Waals surface area contributed by atoms with E-state index in [2.05, 4.69) is 9.88 Å². The van der Waals surface area contributed by atoms with Crippen molar-refractivity contribution >= 4 is 14.5 Å². The first-order valence-electron chi connectivity index (χ1n) is 6.72. The van der Waals surface area contributed by atoms with Crippen molar-refractivity contribution in [3.8, 4) is 33.8 Å². The van der Waals surface area contributed by atoms with Crippen LogP contribution in [-0.4, -0.2) is 24.7 Å². The number of aromatic hydroxyl groups is 2. The maximum absolute atomic E-state index is 9.58. The summed E-state index contributed by atoms with van der Waals surface area (Å²) in [7, 11) is 0. The van der Waals surface area contributed by atoms with Crippen LogP contribution in [0.1, 0.15) is 11.1 Å². The molecule has 0 bridgehead atoms. The van der Waals surface area contributed by atoms with Gasteiger partial charge in [-0.25, -0.2) is 0 Å². The molecule has 0 saturated carbocycles. The molecule has 0 unspecified atom stereocenters. The Hall–Kier alpha value is -1.96. The summed E-state index contributed by atoms with van der Waals surface area (Å²) in [5, 5.41) is 19.2. The van der Waals surface area contributed by atoms with E-state index >= 15 is 0 Å². The van der Waals surface area contributed by atoms with Crippen molar-refractivity contribution in [2.75, 3.05) is 0 Å². The van der Waals surface area contributed by atoms with Gasteiger partial charge in [-0.05, 0) is 0 Å². The van der Waals surface area contributed by atoms with Gasteiger partial charge >= 0.3 is 130 Å². The van der Waals surface area contributed by atoms with Gasteiger partial charge in [0.05, 0.1) is 0 Å². The second-order valence-electron chi connectivity index (χ2n) is 5.20. The summed E-state index contributed by atoms with van der Waals surface area (Å²) in [6, 6.07) is 11.0. The summed E-state index contributed by atoms with van der Waals surface area (Å²) in [6.45, 7) is 4.03. The van der Waals surface area contributed by atoms with Crippen LogP contribution in [-0.2, 0) is 0 Å². The molecule has 3 aromatic rings.